The largest absolute Gasteiger partial charge is 0.481 e. The topological polar surface area (TPSA) is 87.2 Å². The Labute approximate surface area is 142 Å². The zero-order valence-corrected chi connectivity index (χ0v) is 14.4. The molecule has 0 saturated carbocycles. The fourth-order valence-electron chi connectivity index (χ4n) is 3.17. The third-order valence-corrected chi connectivity index (χ3v) is 4.70. The molecule has 1 N–H and O–H groups in total. The van der Waals surface area contributed by atoms with E-state index in [1.807, 2.05) is 19.9 Å². The number of piperidine rings is 1. The van der Waals surface area contributed by atoms with E-state index in [-0.39, 0.29) is 6.54 Å². The zero-order chi connectivity index (χ0) is 17.7. The van der Waals surface area contributed by atoms with Crippen LogP contribution in [0, 0.1) is 5.41 Å². The zero-order valence-electron chi connectivity index (χ0n) is 14.4. The van der Waals surface area contributed by atoms with E-state index in [0.717, 1.165) is 5.57 Å². The van der Waals surface area contributed by atoms with Crippen molar-refractivity contribution in [1.82, 2.24) is 9.80 Å². The summed E-state index contributed by atoms with van der Waals surface area (Å²) in [5.74, 6) is -2.06. The Hall–Kier alpha value is -1.89. The van der Waals surface area contributed by atoms with Gasteiger partial charge in [0, 0.05) is 26.2 Å². The van der Waals surface area contributed by atoms with E-state index in [2.05, 4.69) is 0 Å². The van der Waals surface area contributed by atoms with E-state index in [1.54, 1.807) is 0 Å². The second-order valence-electron chi connectivity index (χ2n) is 6.81. The maximum absolute atomic E-state index is 12.5. The number of morpholine rings is 1. The third kappa shape index (κ3) is 4.14. The van der Waals surface area contributed by atoms with E-state index in [1.165, 1.54) is 9.80 Å². The summed E-state index contributed by atoms with van der Waals surface area (Å²) >= 11 is 0. The number of hydrogen-bond acceptors (Lipinski definition) is 4. The van der Waals surface area contributed by atoms with Gasteiger partial charge in [0.2, 0.25) is 0 Å². The molecule has 0 bridgehead atoms. The number of likely N-dealkylation sites (tertiary alicyclic amines) is 1. The molecule has 1 atom stereocenters. The van der Waals surface area contributed by atoms with Gasteiger partial charge in [-0.25, -0.2) is 0 Å². The van der Waals surface area contributed by atoms with Crippen LogP contribution in [-0.2, 0) is 19.1 Å². The predicted molar refractivity (Wildman–Crippen MR) is 87.3 cm³/mol. The van der Waals surface area contributed by atoms with E-state index in [4.69, 9.17) is 4.74 Å². The Morgan fingerprint density at radius 3 is 2.29 bits per heavy atom. The van der Waals surface area contributed by atoms with Crippen LogP contribution in [-0.4, -0.2) is 72.1 Å². The summed E-state index contributed by atoms with van der Waals surface area (Å²) in [7, 11) is 0. The first kappa shape index (κ1) is 18.4. The normalized spacial score (nSPS) is 24.4. The third-order valence-electron chi connectivity index (χ3n) is 4.70. The molecule has 7 nitrogen and oxygen atoms in total. The van der Waals surface area contributed by atoms with Crippen LogP contribution in [0.4, 0.5) is 0 Å². The lowest BCUT2D eigenvalue weighted by Crippen LogP contribution is -2.55. The van der Waals surface area contributed by atoms with Crippen LogP contribution < -0.4 is 0 Å². The van der Waals surface area contributed by atoms with Gasteiger partial charge in [-0.2, -0.15) is 0 Å². The average Bonchev–Trinajstić information content (AvgIpc) is 2.59. The van der Waals surface area contributed by atoms with Gasteiger partial charge in [-0.05, 0) is 33.1 Å². The fourth-order valence-corrected chi connectivity index (χ4v) is 3.17. The molecule has 0 aromatic heterocycles. The molecule has 0 aromatic carbocycles. The minimum absolute atomic E-state index is 0.0844. The van der Waals surface area contributed by atoms with Crippen molar-refractivity contribution in [3.8, 4) is 0 Å². The molecule has 0 aromatic rings. The Morgan fingerprint density at radius 1 is 1.08 bits per heavy atom. The summed E-state index contributed by atoms with van der Waals surface area (Å²) in [6, 6.07) is 0. The van der Waals surface area contributed by atoms with Gasteiger partial charge in [0.25, 0.3) is 0 Å². The number of carboxylic acid groups (broad SMARTS) is 1. The van der Waals surface area contributed by atoms with Crippen molar-refractivity contribution < 1.29 is 24.2 Å². The monoisotopic (exact) mass is 338 g/mol. The van der Waals surface area contributed by atoms with Crippen molar-refractivity contribution in [1.29, 1.82) is 0 Å². The van der Waals surface area contributed by atoms with Gasteiger partial charge in [-0.3, -0.25) is 14.4 Å². The molecule has 7 heteroatoms. The number of allylic oxidation sites excluding steroid dienone is 2. The maximum atomic E-state index is 12.5. The number of carbonyl (C=O) groups is 3. The van der Waals surface area contributed by atoms with E-state index < -0.39 is 23.2 Å². The summed E-state index contributed by atoms with van der Waals surface area (Å²) in [5, 5.41) is 9.71. The summed E-state index contributed by atoms with van der Waals surface area (Å²) in [4.78, 5) is 39.6. The standard InChI is InChI=1S/C17H26N2O5/c1-13(2)4-6-17(16(22)23)5-3-7-19(12-17)15(21)14(20)18-8-10-24-11-9-18/h4H,3,5-12H2,1-2H3,(H,22,23)/t17-/m1/s1. The molecule has 0 aliphatic carbocycles. The molecule has 2 saturated heterocycles. The molecule has 0 unspecified atom stereocenters. The minimum Gasteiger partial charge on any atom is -0.481 e. The van der Waals surface area contributed by atoms with Crippen molar-refractivity contribution in [3.05, 3.63) is 11.6 Å². The number of nitrogens with zero attached hydrogens (tertiary/aromatic N) is 2. The van der Waals surface area contributed by atoms with Gasteiger partial charge in [0.05, 0.1) is 18.6 Å². The average molecular weight is 338 g/mol. The predicted octanol–water partition coefficient (Wildman–Crippen LogP) is 0.895. The smallest absolute Gasteiger partial charge is 0.312 e. The van der Waals surface area contributed by atoms with Gasteiger partial charge in [-0.15, -0.1) is 0 Å². The number of ether oxygens (including phenoxy) is 1. The number of aliphatic carboxylic acids is 1. The lowest BCUT2D eigenvalue weighted by atomic mass is 9.76. The van der Waals surface area contributed by atoms with E-state index in [0.29, 0.717) is 52.1 Å². The first-order valence-electron chi connectivity index (χ1n) is 8.38. The number of hydrogen-bond donors (Lipinski definition) is 1. The highest BCUT2D eigenvalue weighted by atomic mass is 16.5. The van der Waals surface area contributed by atoms with Crippen LogP contribution in [0.3, 0.4) is 0 Å². The molecule has 2 fully saturated rings. The molecule has 2 aliphatic rings. The first-order valence-corrected chi connectivity index (χ1v) is 8.38. The molecule has 134 valence electrons. The highest BCUT2D eigenvalue weighted by Crippen LogP contribution is 2.35. The van der Waals surface area contributed by atoms with Crippen LogP contribution >= 0.6 is 0 Å². The second kappa shape index (κ2) is 7.79. The maximum Gasteiger partial charge on any atom is 0.312 e. The molecule has 2 amide bonds. The van der Waals surface area contributed by atoms with Gasteiger partial charge < -0.3 is 19.6 Å². The fraction of sp³-hybridized carbons (Fsp3) is 0.706. The Kier molecular flexibility index (Phi) is 5.99. The molecule has 2 rings (SSSR count). The number of rotatable bonds is 3. The summed E-state index contributed by atoms with van der Waals surface area (Å²) in [5.41, 5.74) is 0.0414. The molecule has 2 aliphatic heterocycles. The minimum atomic E-state index is -1.00. The van der Waals surface area contributed by atoms with Gasteiger partial charge >= 0.3 is 17.8 Å². The molecule has 0 spiro atoms. The van der Waals surface area contributed by atoms with E-state index >= 15 is 0 Å². The lowest BCUT2D eigenvalue weighted by Gasteiger charge is -2.40. The Morgan fingerprint density at radius 2 is 1.71 bits per heavy atom. The van der Waals surface area contributed by atoms with Crippen LogP contribution in [0.1, 0.15) is 33.1 Å². The molecular formula is C17H26N2O5. The second-order valence-corrected chi connectivity index (χ2v) is 6.81. The molecule has 0 radical (unpaired) electrons. The van der Waals surface area contributed by atoms with Crippen LogP contribution in [0.15, 0.2) is 11.6 Å². The van der Waals surface area contributed by atoms with Crippen molar-refractivity contribution in [2.24, 2.45) is 5.41 Å². The first-order chi connectivity index (χ1) is 11.4. The van der Waals surface area contributed by atoms with Crippen LogP contribution in [0.2, 0.25) is 0 Å². The Balaban J connectivity index is 2.09. The molecule has 24 heavy (non-hydrogen) atoms. The Bertz CT molecular complexity index is 535. The number of carbonyl (C=O) groups excluding carboxylic acids is 2. The van der Waals surface area contributed by atoms with E-state index in [9.17, 15) is 19.5 Å². The lowest BCUT2D eigenvalue weighted by molar-refractivity contribution is -0.161. The summed E-state index contributed by atoms with van der Waals surface area (Å²) in [6.45, 7) is 6.02. The van der Waals surface area contributed by atoms with Gasteiger partial charge in [0.15, 0.2) is 0 Å². The number of amides is 2. The SMILES string of the molecule is CC(C)=CC[C@]1(C(=O)O)CCCN(C(=O)C(=O)N2CCOCC2)C1. The van der Waals surface area contributed by atoms with Crippen LogP contribution in [0.5, 0.6) is 0 Å². The number of carboxylic acids is 1. The highest BCUT2D eigenvalue weighted by molar-refractivity contribution is 6.35. The van der Waals surface area contributed by atoms with Crippen LogP contribution in [0.25, 0.3) is 0 Å². The van der Waals surface area contributed by atoms with Crippen molar-refractivity contribution >= 4 is 17.8 Å². The van der Waals surface area contributed by atoms with Crippen molar-refractivity contribution in [3.63, 3.8) is 0 Å². The van der Waals surface area contributed by atoms with Gasteiger partial charge in [0.1, 0.15) is 0 Å². The molecular weight excluding hydrogens is 312 g/mol. The highest BCUT2D eigenvalue weighted by Gasteiger charge is 2.44. The van der Waals surface area contributed by atoms with Crippen molar-refractivity contribution in [2.45, 2.75) is 33.1 Å². The summed E-state index contributed by atoms with van der Waals surface area (Å²) in [6.07, 6.45) is 3.37. The summed E-state index contributed by atoms with van der Waals surface area (Å²) < 4.78 is 5.19. The quantitative estimate of drug-likeness (QED) is 0.610. The van der Waals surface area contributed by atoms with Gasteiger partial charge in [-0.1, -0.05) is 11.6 Å². The molecule has 2 heterocycles. The van der Waals surface area contributed by atoms with Crippen molar-refractivity contribution in [2.75, 3.05) is 39.4 Å².